The van der Waals surface area contributed by atoms with Gasteiger partial charge in [-0.25, -0.2) is 8.42 Å². The Morgan fingerprint density at radius 1 is 1.15 bits per heavy atom. The van der Waals surface area contributed by atoms with Gasteiger partial charge in [0.25, 0.3) is 10.0 Å². The number of aryl methyl sites for hydroxylation is 1. The fourth-order valence-corrected chi connectivity index (χ4v) is 2.49. The maximum atomic E-state index is 12.4. The fourth-order valence-electron chi connectivity index (χ4n) is 1.49. The number of hydrogen-bond acceptors (Lipinski definition) is 3. The van der Waals surface area contributed by atoms with Crippen molar-refractivity contribution in [1.82, 2.24) is 9.78 Å². The minimum absolute atomic E-state index is 0.0902. The zero-order valence-electron chi connectivity index (χ0n) is 10.2. The van der Waals surface area contributed by atoms with Crippen LogP contribution in [-0.4, -0.2) is 18.2 Å². The minimum atomic E-state index is -4.50. The van der Waals surface area contributed by atoms with Crippen molar-refractivity contribution in [3.8, 4) is 0 Å². The molecule has 0 radical (unpaired) electrons. The van der Waals surface area contributed by atoms with E-state index in [1.165, 1.54) is 16.9 Å². The van der Waals surface area contributed by atoms with Gasteiger partial charge in [0, 0.05) is 19.3 Å². The van der Waals surface area contributed by atoms with Crippen LogP contribution in [0, 0.1) is 0 Å². The molecule has 1 aromatic carbocycles. The van der Waals surface area contributed by atoms with Crippen molar-refractivity contribution in [3.05, 3.63) is 42.1 Å². The first-order chi connectivity index (χ1) is 9.18. The molecule has 108 valence electrons. The van der Waals surface area contributed by atoms with Gasteiger partial charge in [-0.3, -0.25) is 9.40 Å². The average Bonchev–Trinajstić information content (AvgIpc) is 2.73. The van der Waals surface area contributed by atoms with E-state index < -0.39 is 21.8 Å². The number of benzene rings is 1. The molecule has 5 nitrogen and oxygen atoms in total. The summed E-state index contributed by atoms with van der Waals surface area (Å²) in [4.78, 5) is -0.267. The summed E-state index contributed by atoms with van der Waals surface area (Å²) in [6.07, 6.45) is -2.97. The molecule has 0 unspecified atom stereocenters. The second-order valence-electron chi connectivity index (χ2n) is 4.00. The van der Waals surface area contributed by atoms with Crippen molar-refractivity contribution in [3.63, 3.8) is 0 Å². The molecule has 1 aromatic heterocycles. The number of rotatable bonds is 3. The van der Waals surface area contributed by atoms with E-state index in [0.29, 0.717) is 12.1 Å². The lowest BCUT2D eigenvalue weighted by molar-refractivity contribution is -0.137. The highest BCUT2D eigenvalue weighted by molar-refractivity contribution is 7.92. The van der Waals surface area contributed by atoms with E-state index in [1.54, 1.807) is 7.05 Å². The summed E-state index contributed by atoms with van der Waals surface area (Å²) in [5.74, 6) is 0.0902. The van der Waals surface area contributed by atoms with Gasteiger partial charge in [-0.05, 0) is 24.3 Å². The third-order valence-electron chi connectivity index (χ3n) is 2.44. The summed E-state index contributed by atoms with van der Waals surface area (Å²) < 4.78 is 64.6. The quantitative estimate of drug-likeness (QED) is 0.946. The van der Waals surface area contributed by atoms with E-state index in [2.05, 4.69) is 9.82 Å². The Kier molecular flexibility index (Phi) is 3.46. The van der Waals surface area contributed by atoms with Crippen LogP contribution in [0.2, 0.25) is 0 Å². The number of halogens is 3. The number of anilines is 1. The summed E-state index contributed by atoms with van der Waals surface area (Å²) in [6, 6.07) is 4.66. The molecule has 1 N–H and O–H groups in total. The maximum Gasteiger partial charge on any atom is 0.416 e. The Balaban J connectivity index is 2.26. The van der Waals surface area contributed by atoms with Gasteiger partial charge < -0.3 is 0 Å². The van der Waals surface area contributed by atoms with E-state index in [9.17, 15) is 21.6 Å². The predicted octanol–water partition coefficient (Wildman–Crippen LogP) is 2.24. The van der Waals surface area contributed by atoms with Crippen LogP contribution in [0.25, 0.3) is 0 Å². The molecular formula is C11H10F3N3O2S. The number of nitrogens with zero attached hydrogens (tertiary/aromatic N) is 2. The molecule has 2 aromatic rings. The van der Waals surface area contributed by atoms with Gasteiger partial charge in [0.1, 0.15) is 0 Å². The Bertz CT molecular complexity index is 705. The Morgan fingerprint density at radius 3 is 2.20 bits per heavy atom. The molecule has 0 fully saturated rings. The predicted molar refractivity (Wildman–Crippen MR) is 65.5 cm³/mol. The largest absolute Gasteiger partial charge is 0.416 e. The molecule has 0 atom stereocenters. The van der Waals surface area contributed by atoms with Crippen LogP contribution in [0.1, 0.15) is 5.56 Å². The average molecular weight is 305 g/mol. The number of alkyl halides is 3. The van der Waals surface area contributed by atoms with Gasteiger partial charge in [-0.1, -0.05) is 0 Å². The summed E-state index contributed by atoms with van der Waals surface area (Å²) in [5.41, 5.74) is -0.908. The van der Waals surface area contributed by atoms with Crippen LogP contribution in [0.3, 0.4) is 0 Å². The molecule has 2 rings (SSSR count). The summed E-state index contributed by atoms with van der Waals surface area (Å²) >= 11 is 0. The van der Waals surface area contributed by atoms with Gasteiger partial charge in [0.15, 0.2) is 5.82 Å². The van der Waals surface area contributed by atoms with Gasteiger partial charge in [-0.15, -0.1) is 0 Å². The molecule has 0 saturated heterocycles. The zero-order chi connectivity index (χ0) is 15.0. The first-order valence-corrected chi connectivity index (χ1v) is 6.86. The highest BCUT2D eigenvalue weighted by Crippen LogP contribution is 2.29. The normalized spacial score (nSPS) is 12.4. The SMILES string of the molecule is Cn1ccc(NS(=O)(=O)c2ccc(C(F)(F)F)cc2)n1. The molecule has 1 heterocycles. The summed E-state index contributed by atoms with van der Waals surface area (Å²) in [7, 11) is -2.35. The topological polar surface area (TPSA) is 64.0 Å². The highest BCUT2D eigenvalue weighted by atomic mass is 32.2. The molecule has 0 saturated carbocycles. The molecule has 0 aliphatic rings. The lowest BCUT2D eigenvalue weighted by Gasteiger charge is -2.08. The number of nitrogens with one attached hydrogen (secondary N) is 1. The molecule has 0 bridgehead atoms. The number of sulfonamides is 1. The van der Waals surface area contributed by atoms with Gasteiger partial charge in [0.05, 0.1) is 10.5 Å². The molecule has 0 aliphatic heterocycles. The van der Waals surface area contributed by atoms with Gasteiger partial charge in [0.2, 0.25) is 0 Å². The van der Waals surface area contributed by atoms with Crippen LogP contribution >= 0.6 is 0 Å². The van der Waals surface area contributed by atoms with Crippen LogP contribution in [0.5, 0.6) is 0 Å². The van der Waals surface area contributed by atoms with E-state index in [-0.39, 0.29) is 10.7 Å². The van der Waals surface area contributed by atoms with Crippen molar-refractivity contribution in [2.24, 2.45) is 7.05 Å². The molecule has 0 spiro atoms. The van der Waals surface area contributed by atoms with Crippen molar-refractivity contribution in [2.75, 3.05) is 4.72 Å². The molecule has 0 amide bonds. The van der Waals surface area contributed by atoms with Gasteiger partial charge >= 0.3 is 6.18 Å². The zero-order valence-corrected chi connectivity index (χ0v) is 11.0. The maximum absolute atomic E-state index is 12.4. The number of aromatic nitrogens is 2. The third-order valence-corrected chi connectivity index (χ3v) is 3.82. The Hall–Kier alpha value is -2.03. The number of hydrogen-bond donors (Lipinski definition) is 1. The van der Waals surface area contributed by atoms with Crippen molar-refractivity contribution in [2.45, 2.75) is 11.1 Å². The fraction of sp³-hybridized carbons (Fsp3) is 0.182. The minimum Gasteiger partial charge on any atom is -0.274 e. The molecule has 9 heteroatoms. The lowest BCUT2D eigenvalue weighted by atomic mass is 10.2. The van der Waals surface area contributed by atoms with Crippen molar-refractivity contribution in [1.29, 1.82) is 0 Å². The Labute approximate surface area is 113 Å². The summed E-state index contributed by atoms with van der Waals surface area (Å²) in [5, 5.41) is 3.82. The Morgan fingerprint density at radius 2 is 1.75 bits per heavy atom. The van der Waals surface area contributed by atoms with Crippen LogP contribution in [-0.2, 0) is 23.2 Å². The standard InChI is InChI=1S/C11H10F3N3O2S/c1-17-7-6-10(15-17)16-20(18,19)9-4-2-8(3-5-9)11(12,13)14/h2-7H,1H3,(H,15,16). The highest BCUT2D eigenvalue weighted by Gasteiger charge is 2.30. The lowest BCUT2D eigenvalue weighted by Crippen LogP contribution is -2.14. The molecule has 20 heavy (non-hydrogen) atoms. The molecule has 0 aliphatic carbocycles. The monoisotopic (exact) mass is 305 g/mol. The van der Waals surface area contributed by atoms with Crippen molar-refractivity contribution >= 4 is 15.8 Å². The smallest absolute Gasteiger partial charge is 0.274 e. The van der Waals surface area contributed by atoms with E-state index in [4.69, 9.17) is 0 Å². The van der Waals surface area contributed by atoms with Crippen molar-refractivity contribution < 1.29 is 21.6 Å². The van der Waals surface area contributed by atoms with E-state index in [1.807, 2.05) is 0 Å². The van der Waals surface area contributed by atoms with Crippen LogP contribution in [0.4, 0.5) is 19.0 Å². The third kappa shape index (κ3) is 3.10. The van der Waals surface area contributed by atoms with E-state index in [0.717, 1.165) is 12.1 Å². The van der Waals surface area contributed by atoms with Gasteiger partial charge in [-0.2, -0.15) is 18.3 Å². The first-order valence-electron chi connectivity index (χ1n) is 5.38. The first kappa shape index (κ1) is 14.4. The second kappa shape index (κ2) is 4.82. The second-order valence-corrected chi connectivity index (χ2v) is 5.68. The molecular weight excluding hydrogens is 295 g/mol. The van der Waals surface area contributed by atoms with E-state index >= 15 is 0 Å². The van der Waals surface area contributed by atoms with Crippen LogP contribution in [0.15, 0.2) is 41.4 Å². The van der Waals surface area contributed by atoms with Crippen LogP contribution < -0.4 is 4.72 Å². The summed E-state index contributed by atoms with van der Waals surface area (Å²) in [6.45, 7) is 0.